The van der Waals surface area contributed by atoms with Crippen LogP contribution in [0.15, 0.2) is 30.3 Å². The summed E-state index contributed by atoms with van der Waals surface area (Å²) >= 11 is 0. The van der Waals surface area contributed by atoms with Crippen molar-refractivity contribution < 1.29 is 14.3 Å². The van der Waals surface area contributed by atoms with Gasteiger partial charge in [0.15, 0.2) is 0 Å². The Morgan fingerprint density at radius 1 is 1.03 bits per heavy atom. The van der Waals surface area contributed by atoms with Crippen molar-refractivity contribution in [3.63, 3.8) is 0 Å². The topological polar surface area (TPSA) is 61.9 Å². The molecule has 31 heavy (non-hydrogen) atoms. The maximum Gasteiger partial charge on any atom is 0.246 e. The van der Waals surface area contributed by atoms with Crippen LogP contribution in [0.3, 0.4) is 0 Å². The number of hydrogen-bond donors (Lipinski definition) is 1. The highest BCUT2D eigenvalue weighted by Crippen LogP contribution is 2.33. The number of unbranched alkanes of at least 4 members (excludes halogenated alkanes) is 3. The standard InChI is InChI=1S/C25H37N3O3/c29-23-19-26-24(30)25(28(23)20-22-12-8-18-31-22)13-16-27(17-14-25)15-7-2-1-4-9-21-10-5-3-6-11-21/h3,5-6,10-11,22H,1-2,4,7-9,12-20H2,(H,26,30). The molecule has 3 saturated heterocycles. The van der Waals surface area contributed by atoms with Crippen LogP contribution in [-0.4, -0.2) is 72.6 Å². The first-order valence-electron chi connectivity index (χ1n) is 12.1. The molecule has 6 nitrogen and oxygen atoms in total. The van der Waals surface area contributed by atoms with E-state index in [1.165, 1.54) is 31.2 Å². The molecule has 1 unspecified atom stereocenters. The molecule has 3 aliphatic heterocycles. The molecule has 0 saturated carbocycles. The number of hydrogen-bond acceptors (Lipinski definition) is 4. The Balaban J connectivity index is 1.20. The van der Waals surface area contributed by atoms with Crippen LogP contribution in [0, 0.1) is 0 Å². The molecule has 4 rings (SSSR count). The number of carbonyl (C=O) groups is 2. The first-order valence-corrected chi connectivity index (χ1v) is 12.1. The number of carbonyl (C=O) groups excluding carboxylic acids is 2. The lowest BCUT2D eigenvalue weighted by Gasteiger charge is -2.50. The van der Waals surface area contributed by atoms with Crippen molar-refractivity contribution in [3.8, 4) is 0 Å². The summed E-state index contributed by atoms with van der Waals surface area (Å²) in [5.41, 5.74) is 0.754. The van der Waals surface area contributed by atoms with Gasteiger partial charge in [-0.3, -0.25) is 9.59 Å². The van der Waals surface area contributed by atoms with Gasteiger partial charge in [-0.15, -0.1) is 0 Å². The Hall–Kier alpha value is -1.92. The average Bonchev–Trinajstić information content (AvgIpc) is 3.32. The molecule has 1 aromatic carbocycles. The van der Waals surface area contributed by atoms with E-state index in [0.717, 1.165) is 58.3 Å². The van der Waals surface area contributed by atoms with Gasteiger partial charge in [-0.1, -0.05) is 43.2 Å². The van der Waals surface area contributed by atoms with Gasteiger partial charge >= 0.3 is 0 Å². The molecule has 1 aromatic rings. The Morgan fingerprint density at radius 2 is 1.81 bits per heavy atom. The summed E-state index contributed by atoms with van der Waals surface area (Å²) in [4.78, 5) is 29.9. The maximum absolute atomic E-state index is 12.9. The molecule has 6 heteroatoms. The van der Waals surface area contributed by atoms with Crippen LogP contribution in [0.4, 0.5) is 0 Å². The van der Waals surface area contributed by atoms with Crippen LogP contribution in [0.2, 0.25) is 0 Å². The number of rotatable bonds is 9. The second kappa shape index (κ2) is 10.6. The third-order valence-electron chi connectivity index (χ3n) is 7.27. The minimum Gasteiger partial charge on any atom is -0.376 e. The molecular formula is C25H37N3O3. The molecule has 0 aromatic heterocycles. The SMILES string of the molecule is O=C1CNC(=O)C2(CCN(CCCCCCc3ccccc3)CC2)N1CC1CCCO1. The Bertz CT molecular complexity index is 725. The largest absolute Gasteiger partial charge is 0.376 e. The predicted octanol–water partition coefficient (Wildman–Crippen LogP) is 2.76. The van der Waals surface area contributed by atoms with E-state index in [1.54, 1.807) is 0 Å². The van der Waals surface area contributed by atoms with E-state index in [2.05, 4.69) is 40.5 Å². The number of nitrogens with one attached hydrogen (secondary N) is 1. The minimum absolute atomic E-state index is 0.0330. The zero-order valence-corrected chi connectivity index (χ0v) is 18.7. The summed E-state index contributed by atoms with van der Waals surface area (Å²) < 4.78 is 5.77. The van der Waals surface area contributed by atoms with Crippen LogP contribution in [0.5, 0.6) is 0 Å². The highest BCUT2D eigenvalue weighted by Gasteiger charge is 2.51. The van der Waals surface area contributed by atoms with Gasteiger partial charge in [-0.2, -0.15) is 0 Å². The quantitative estimate of drug-likeness (QED) is 0.616. The molecule has 0 bridgehead atoms. The van der Waals surface area contributed by atoms with Gasteiger partial charge in [0.25, 0.3) is 0 Å². The zero-order chi connectivity index (χ0) is 21.5. The van der Waals surface area contributed by atoms with Crippen LogP contribution in [0.25, 0.3) is 0 Å². The lowest BCUT2D eigenvalue weighted by Crippen LogP contribution is -2.70. The van der Waals surface area contributed by atoms with Crippen LogP contribution >= 0.6 is 0 Å². The van der Waals surface area contributed by atoms with Crippen molar-refractivity contribution in [2.75, 3.05) is 39.3 Å². The molecule has 170 valence electrons. The van der Waals surface area contributed by atoms with E-state index in [4.69, 9.17) is 4.74 Å². The Labute approximate surface area is 186 Å². The fourth-order valence-corrected chi connectivity index (χ4v) is 5.35. The maximum atomic E-state index is 12.9. The normalized spacial score (nSPS) is 24.0. The Kier molecular flexibility index (Phi) is 7.62. The first-order chi connectivity index (χ1) is 15.2. The smallest absolute Gasteiger partial charge is 0.246 e. The van der Waals surface area contributed by atoms with Crippen molar-refractivity contribution in [1.29, 1.82) is 0 Å². The summed E-state index contributed by atoms with van der Waals surface area (Å²) in [6, 6.07) is 10.7. The van der Waals surface area contributed by atoms with E-state index in [9.17, 15) is 9.59 Å². The van der Waals surface area contributed by atoms with E-state index in [1.807, 2.05) is 4.90 Å². The molecule has 3 fully saturated rings. The minimum atomic E-state index is -0.673. The summed E-state index contributed by atoms with van der Waals surface area (Å²) in [7, 11) is 0. The third-order valence-corrected chi connectivity index (χ3v) is 7.27. The number of piperazine rings is 1. The number of piperidine rings is 1. The number of amides is 2. The zero-order valence-electron chi connectivity index (χ0n) is 18.7. The number of likely N-dealkylation sites (tertiary alicyclic amines) is 1. The molecule has 1 spiro atoms. The van der Waals surface area contributed by atoms with Gasteiger partial charge in [-0.05, 0) is 57.1 Å². The van der Waals surface area contributed by atoms with Crippen LogP contribution < -0.4 is 5.32 Å². The van der Waals surface area contributed by atoms with E-state index >= 15 is 0 Å². The Morgan fingerprint density at radius 3 is 2.55 bits per heavy atom. The number of benzene rings is 1. The summed E-state index contributed by atoms with van der Waals surface area (Å²) in [6.07, 6.45) is 9.69. The highest BCUT2D eigenvalue weighted by atomic mass is 16.5. The van der Waals surface area contributed by atoms with Crippen molar-refractivity contribution in [1.82, 2.24) is 15.1 Å². The van der Waals surface area contributed by atoms with Crippen LogP contribution in [0.1, 0.15) is 56.9 Å². The lowest BCUT2D eigenvalue weighted by atomic mass is 9.82. The van der Waals surface area contributed by atoms with E-state index < -0.39 is 5.54 Å². The summed E-state index contributed by atoms with van der Waals surface area (Å²) in [6.45, 7) is 4.31. The van der Waals surface area contributed by atoms with Gasteiger partial charge in [-0.25, -0.2) is 0 Å². The average molecular weight is 428 g/mol. The van der Waals surface area contributed by atoms with Crippen molar-refractivity contribution in [2.24, 2.45) is 0 Å². The van der Waals surface area contributed by atoms with E-state index in [-0.39, 0.29) is 24.5 Å². The molecular weight excluding hydrogens is 390 g/mol. The van der Waals surface area contributed by atoms with Crippen molar-refractivity contribution >= 4 is 11.8 Å². The number of ether oxygens (including phenoxy) is 1. The molecule has 0 radical (unpaired) electrons. The van der Waals surface area contributed by atoms with Gasteiger partial charge in [0.05, 0.1) is 12.6 Å². The van der Waals surface area contributed by atoms with Crippen LogP contribution in [-0.2, 0) is 20.7 Å². The van der Waals surface area contributed by atoms with Crippen molar-refractivity contribution in [3.05, 3.63) is 35.9 Å². The predicted molar refractivity (Wildman–Crippen MR) is 121 cm³/mol. The number of nitrogens with zero attached hydrogens (tertiary/aromatic N) is 2. The van der Waals surface area contributed by atoms with Gasteiger partial charge in [0.1, 0.15) is 5.54 Å². The second-order valence-corrected chi connectivity index (χ2v) is 9.35. The molecule has 1 N–H and O–H groups in total. The van der Waals surface area contributed by atoms with Gasteiger partial charge in [0, 0.05) is 26.2 Å². The van der Waals surface area contributed by atoms with E-state index in [0.29, 0.717) is 6.54 Å². The summed E-state index contributed by atoms with van der Waals surface area (Å²) in [5.74, 6) is 0.0765. The van der Waals surface area contributed by atoms with Gasteiger partial charge in [0.2, 0.25) is 11.8 Å². The second-order valence-electron chi connectivity index (χ2n) is 9.35. The monoisotopic (exact) mass is 427 g/mol. The molecule has 3 aliphatic rings. The van der Waals surface area contributed by atoms with Crippen molar-refractivity contribution in [2.45, 2.75) is 69.4 Å². The highest BCUT2D eigenvalue weighted by molar-refractivity contribution is 5.98. The molecule has 3 heterocycles. The third kappa shape index (κ3) is 5.47. The summed E-state index contributed by atoms with van der Waals surface area (Å²) in [5, 5.41) is 2.85. The van der Waals surface area contributed by atoms with Gasteiger partial charge < -0.3 is 19.9 Å². The molecule has 0 aliphatic carbocycles. The first kappa shape index (κ1) is 22.3. The fraction of sp³-hybridized carbons (Fsp3) is 0.680. The molecule has 1 atom stereocenters. The number of aryl methyl sites for hydroxylation is 1. The fourth-order valence-electron chi connectivity index (χ4n) is 5.35. The lowest BCUT2D eigenvalue weighted by molar-refractivity contribution is -0.159. The molecule has 2 amide bonds.